The summed E-state index contributed by atoms with van der Waals surface area (Å²) in [5.41, 5.74) is 0.456. The maximum absolute atomic E-state index is 11.8. The molecule has 7 heteroatoms. The topological polar surface area (TPSA) is 95.9 Å². The summed E-state index contributed by atoms with van der Waals surface area (Å²) in [6.07, 6.45) is 1.59. The highest BCUT2D eigenvalue weighted by Crippen LogP contribution is 2.49. The predicted octanol–water partition coefficient (Wildman–Crippen LogP) is 2.78. The van der Waals surface area contributed by atoms with Crippen LogP contribution in [0.4, 0.5) is 0 Å². The Hall–Kier alpha value is -1.47. The van der Waals surface area contributed by atoms with Crippen molar-refractivity contribution in [3.63, 3.8) is 0 Å². The fraction of sp³-hybridized carbons (Fsp3) is 0.600. The first-order valence-electron chi connectivity index (χ1n) is 7.19. The van der Waals surface area contributed by atoms with Crippen molar-refractivity contribution < 1.29 is 27.6 Å². The van der Waals surface area contributed by atoms with Gasteiger partial charge in [-0.15, -0.1) is 0 Å². The molecule has 1 aromatic rings. The number of benzene rings is 1. The summed E-state index contributed by atoms with van der Waals surface area (Å²) in [4.78, 5) is -0.428. The molecule has 126 valence electrons. The van der Waals surface area contributed by atoms with Crippen molar-refractivity contribution in [2.45, 2.75) is 50.8 Å². The Kier molecular flexibility index (Phi) is 6.08. The lowest BCUT2D eigenvalue weighted by Gasteiger charge is -2.26. The first kappa shape index (κ1) is 18.6. The predicted molar refractivity (Wildman–Crippen MR) is 81.9 cm³/mol. The van der Waals surface area contributed by atoms with E-state index >= 15 is 0 Å². The van der Waals surface area contributed by atoms with Gasteiger partial charge in [-0.05, 0) is 18.8 Å². The van der Waals surface area contributed by atoms with E-state index in [4.69, 9.17) is 9.47 Å². The molecule has 1 aromatic carbocycles. The number of aromatic hydroxyl groups is 1. The zero-order valence-corrected chi connectivity index (χ0v) is 14.4. The number of hydrogen-bond acceptors (Lipinski definition) is 6. The number of phenolic OH excluding ortho intramolecular Hbond substituents is 1. The van der Waals surface area contributed by atoms with Crippen LogP contribution in [0.25, 0.3) is 0 Å². The van der Waals surface area contributed by atoms with Gasteiger partial charge in [-0.3, -0.25) is 0 Å². The van der Waals surface area contributed by atoms with Crippen LogP contribution in [0.3, 0.4) is 0 Å². The molecule has 0 amide bonds. The zero-order chi connectivity index (χ0) is 17.1. The SMILES string of the molecule is CCCc1c(O)c(OC)c(C(C)CC)c(S(=O)(=O)[O-])c1OC. The molecule has 0 aromatic heterocycles. The van der Waals surface area contributed by atoms with E-state index in [1.54, 1.807) is 6.92 Å². The van der Waals surface area contributed by atoms with Gasteiger partial charge in [-0.2, -0.15) is 0 Å². The van der Waals surface area contributed by atoms with Crippen LogP contribution in [0.15, 0.2) is 4.90 Å². The number of methoxy groups -OCH3 is 2. The van der Waals surface area contributed by atoms with Crippen LogP contribution < -0.4 is 9.47 Å². The highest BCUT2D eigenvalue weighted by molar-refractivity contribution is 7.86. The van der Waals surface area contributed by atoms with Crippen molar-refractivity contribution in [1.29, 1.82) is 0 Å². The summed E-state index contributed by atoms with van der Waals surface area (Å²) < 4.78 is 45.8. The van der Waals surface area contributed by atoms with Gasteiger partial charge in [0.1, 0.15) is 20.8 Å². The van der Waals surface area contributed by atoms with Crippen LogP contribution in [-0.2, 0) is 16.5 Å². The first-order valence-corrected chi connectivity index (χ1v) is 8.60. The minimum atomic E-state index is -4.79. The Balaban J connectivity index is 4.01. The highest BCUT2D eigenvalue weighted by atomic mass is 32.2. The molecule has 0 aliphatic carbocycles. The fourth-order valence-corrected chi connectivity index (χ4v) is 3.54. The second kappa shape index (κ2) is 7.19. The van der Waals surface area contributed by atoms with E-state index in [9.17, 15) is 18.1 Å². The molecule has 0 radical (unpaired) electrons. The maximum atomic E-state index is 11.8. The van der Waals surface area contributed by atoms with Gasteiger partial charge < -0.3 is 19.1 Å². The average Bonchev–Trinajstić information content (AvgIpc) is 2.46. The third kappa shape index (κ3) is 3.30. The van der Waals surface area contributed by atoms with E-state index in [-0.39, 0.29) is 34.3 Å². The second-order valence-electron chi connectivity index (χ2n) is 5.15. The van der Waals surface area contributed by atoms with E-state index in [1.165, 1.54) is 14.2 Å². The van der Waals surface area contributed by atoms with E-state index in [0.717, 1.165) is 0 Å². The van der Waals surface area contributed by atoms with E-state index in [1.807, 2.05) is 13.8 Å². The van der Waals surface area contributed by atoms with Gasteiger partial charge in [0.05, 0.1) is 14.2 Å². The largest absolute Gasteiger partial charge is 0.744 e. The summed E-state index contributed by atoms with van der Waals surface area (Å²) in [5.74, 6) is -0.494. The minimum absolute atomic E-state index is 0.0352. The third-order valence-electron chi connectivity index (χ3n) is 3.73. The Morgan fingerprint density at radius 1 is 1.18 bits per heavy atom. The van der Waals surface area contributed by atoms with Gasteiger partial charge in [-0.25, -0.2) is 8.42 Å². The van der Waals surface area contributed by atoms with Crippen LogP contribution in [0.5, 0.6) is 17.2 Å². The molecule has 0 aliphatic rings. The lowest BCUT2D eigenvalue weighted by Crippen LogP contribution is -2.12. The monoisotopic (exact) mass is 331 g/mol. The van der Waals surface area contributed by atoms with Crippen molar-refractivity contribution in [3.8, 4) is 17.2 Å². The van der Waals surface area contributed by atoms with Crippen LogP contribution in [-0.4, -0.2) is 32.3 Å². The zero-order valence-electron chi connectivity index (χ0n) is 13.6. The van der Waals surface area contributed by atoms with Gasteiger partial charge in [0.25, 0.3) is 0 Å². The van der Waals surface area contributed by atoms with Crippen LogP contribution in [0.1, 0.15) is 50.7 Å². The molecule has 0 fully saturated rings. The van der Waals surface area contributed by atoms with Gasteiger partial charge in [0.2, 0.25) is 0 Å². The summed E-state index contributed by atoms with van der Waals surface area (Å²) in [5, 5.41) is 10.4. The second-order valence-corrected chi connectivity index (χ2v) is 6.47. The number of phenols is 1. The third-order valence-corrected chi connectivity index (χ3v) is 4.64. The summed E-state index contributed by atoms with van der Waals surface area (Å²) >= 11 is 0. The molecule has 0 saturated carbocycles. The van der Waals surface area contributed by atoms with Crippen LogP contribution in [0, 0.1) is 0 Å². The molecule has 1 unspecified atom stereocenters. The summed E-state index contributed by atoms with van der Waals surface area (Å²) in [7, 11) is -2.16. The smallest absolute Gasteiger partial charge is 0.165 e. The maximum Gasteiger partial charge on any atom is 0.165 e. The lowest BCUT2D eigenvalue weighted by molar-refractivity contribution is 0.343. The highest BCUT2D eigenvalue weighted by Gasteiger charge is 2.30. The molecule has 0 spiro atoms. The molecule has 0 saturated heterocycles. The molecule has 22 heavy (non-hydrogen) atoms. The first-order chi connectivity index (χ1) is 10.2. The van der Waals surface area contributed by atoms with Gasteiger partial charge >= 0.3 is 0 Å². The fourth-order valence-electron chi connectivity index (χ4n) is 2.54. The Labute approximate surface area is 131 Å². The number of hydrogen-bond donors (Lipinski definition) is 1. The minimum Gasteiger partial charge on any atom is -0.744 e. The molecule has 0 aliphatic heterocycles. The molecule has 6 nitrogen and oxygen atoms in total. The van der Waals surface area contributed by atoms with Gasteiger partial charge in [0.15, 0.2) is 11.5 Å². The average molecular weight is 331 g/mol. The van der Waals surface area contributed by atoms with Crippen LogP contribution >= 0.6 is 0 Å². The Morgan fingerprint density at radius 3 is 2.09 bits per heavy atom. The van der Waals surface area contributed by atoms with Gasteiger partial charge in [-0.1, -0.05) is 27.2 Å². The molecule has 1 rings (SSSR count). The molecule has 0 bridgehead atoms. The van der Waals surface area contributed by atoms with Crippen molar-refractivity contribution in [1.82, 2.24) is 0 Å². The van der Waals surface area contributed by atoms with E-state index in [2.05, 4.69) is 0 Å². The van der Waals surface area contributed by atoms with Crippen molar-refractivity contribution >= 4 is 10.1 Å². The normalized spacial score (nSPS) is 13.0. The number of ether oxygens (including phenoxy) is 2. The van der Waals surface area contributed by atoms with Crippen molar-refractivity contribution in [2.24, 2.45) is 0 Å². The molecular weight excluding hydrogens is 308 g/mol. The summed E-state index contributed by atoms with van der Waals surface area (Å²) in [6, 6.07) is 0. The van der Waals surface area contributed by atoms with Crippen molar-refractivity contribution in [2.75, 3.05) is 14.2 Å². The van der Waals surface area contributed by atoms with Gasteiger partial charge in [0, 0.05) is 11.1 Å². The van der Waals surface area contributed by atoms with Crippen molar-refractivity contribution in [3.05, 3.63) is 11.1 Å². The molecule has 1 N–H and O–H groups in total. The quantitative estimate of drug-likeness (QED) is 0.772. The Bertz CT molecular complexity index is 636. The molecule has 1 atom stereocenters. The van der Waals surface area contributed by atoms with E-state index < -0.39 is 15.0 Å². The standard InChI is InChI=1S/C15H24O6S/c1-6-8-10-12(16)14(21-5)11(9(3)7-2)15(13(10)20-4)22(17,18)19/h9,16H,6-8H2,1-5H3,(H,17,18,19)/p-1. The number of rotatable bonds is 7. The molecule has 0 heterocycles. The van der Waals surface area contributed by atoms with Crippen LogP contribution in [0.2, 0.25) is 0 Å². The lowest BCUT2D eigenvalue weighted by atomic mass is 9.93. The summed E-state index contributed by atoms with van der Waals surface area (Å²) in [6.45, 7) is 5.50. The molecular formula is C15H23O6S-. The van der Waals surface area contributed by atoms with E-state index in [0.29, 0.717) is 19.3 Å². The Morgan fingerprint density at radius 2 is 1.73 bits per heavy atom.